The lowest BCUT2D eigenvalue weighted by Crippen LogP contribution is -1.83. The van der Waals surface area contributed by atoms with Gasteiger partial charge < -0.3 is 0 Å². The molecule has 1 aromatic heterocycles. The number of hydrogen-bond acceptors (Lipinski definition) is 1. The van der Waals surface area contributed by atoms with Gasteiger partial charge in [0.15, 0.2) is 0 Å². The Morgan fingerprint density at radius 1 is 0.636 bits per heavy atom. The van der Waals surface area contributed by atoms with Gasteiger partial charge in [-0.15, -0.1) is 0 Å². The Kier molecular flexibility index (Phi) is 3.17. The van der Waals surface area contributed by atoms with Crippen molar-refractivity contribution >= 4 is 33.7 Å². The Morgan fingerprint density at radius 2 is 1.41 bits per heavy atom. The quantitative estimate of drug-likeness (QED) is 0.438. The summed E-state index contributed by atoms with van der Waals surface area (Å²) in [7, 11) is 0. The lowest BCUT2D eigenvalue weighted by atomic mass is 10.0. The van der Waals surface area contributed by atoms with Gasteiger partial charge in [0.1, 0.15) is 0 Å². The highest BCUT2D eigenvalue weighted by atomic mass is 14.7. The molecule has 4 rings (SSSR count). The van der Waals surface area contributed by atoms with Crippen LogP contribution in [0, 0.1) is 0 Å². The molecule has 0 N–H and O–H groups in total. The van der Waals surface area contributed by atoms with E-state index in [1.807, 2.05) is 24.4 Å². The summed E-state index contributed by atoms with van der Waals surface area (Å²) in [6.45, 7) is 0. The number of fused-ring (bicyclic) bond motifs is 3. The van der Waals surface area contributed by atoms with E-state index >= 15 is 0 Å². The standard InChI is InChI=1S/C21H15N/c1-2-6-16(7-3-1)10-13-19-14-21-18(15-22-19)12-11-17-8-4-5-9-20(17)21/h1-15H/b13-10-. The van der Waals surface area contributed by atoms with E-state index in [2.05, 4.69) is 71.7 Å². The molecule has 0 aliphatic carbocycles. The van der Waals surface area contributed by atoms with Crippen LogP contribution in [0.5, 0.6) is 0 Å². The molecule has 0 bridgehead atoms. The maximum Gasteiger partial charge on any atom is 0.0636 e. The maximum atomic E-state index is 4.54. The van der Waals surface area contributed by atoms with Crippen molar-refractivity contribution in [2.45, 2.75) is 0 Å². The summed E-state index contributed by atoms with van der Waals surface area (Å²) in [5.74, 6) is 0. The first-order chi connectivity index (χ1) is 10.9. The van der Waals surface area contributed by atoms with Gasteiger partial charge in [-0.1, -0.05) is 72.8 Å². The van der Waals surface area contributed by atoms with Crippen LogP contribution in [0.1, 0.15) is 11.3 Å². The monoisotopic (exact) mass is 281 g/mol. The summed E-state index contributed by atoms with van der Waals surface area (Å²) >= 11 is 0. The number of nitrogens with zero attached hydrogens (tertiary/aromatic N) is 1. The first-order valence-corrected chi connectivity index (χ1v) is 7.41. The highest BCUT2D eigenvalue weighted by Crippen LogP contribution is 2.25. The van der Waals surface area contributed by atoms with E-state index in [0.29, 0.717) is 0 Å². The molecule has 0 saturated heterocycles. The van der Waals surface area contributed by atoms with Gasteiger partial charge in [-0.25, -0.2) is 0 Å². The average Bonchev–Trinajstić information content (AvgIpc) is 2.60. The SMILES string of the molecule is C(=C/c1cc2c(ccc3ccccc32)cn1)/c1ccccc1. The van der Waals surface area contributed by atoms with E-state index in [4.69, 9.17) is 0 Å². The molecule has 0 unspecified atom stereocenters. The second-order valence-electron chi connectivity index (χ2n) is 5.36. The van der Waals surface area contributed by atoms with Crippen LogP contribution in [0.2, 0.25) is 0 Å². The second-order valence-corrected chi connectivity index (χ2v) is 5.36. The van der Waals surface area contributed by atoms with Gasteiger partial charge in [-0.05, 0) is 33.9 Å². The van der Waals surface area contributed by atoms with Crippen molar-refractivity contribution in [1.82, 2.24) is 4.98 Å². The molecule has 1 nitrogen and oxygen atoms in total. The molecule has 104 valence electrons. The van der Waals surface area contributed by atoms with Gasteiger partial charge in [0.05, 0.1) is 5.69 Å². The Morgan fingerprint density at radius 3 is 2.32 bits per heavy atom. The number of rotatable bonds is 2. The smallest absolute Gasteiger partial charge is 0.0636 e. The molecule has 0 spiro atoms. The van der Waals surface area contributed by atoms with Gasteiger partial charge in [-0.2, -0.15) is 0 Å². The zero-order valence-electron chi connectivity index (χ0n) is 12.1. The predicted octanol–water partition coefficient (Wildman–Crippen LogP) is 5.56. The molecular formula is C21H15N. The molecule has 0 aliphatic heterocycles. The third-order valence-corrected chi connectivity index (χ3v) is 3.90. The second kappa shape index (κ2) is 5.45. The fourth-order valence-electron chi connectivity index (χ4n) is 2.75. The minimum absolute atomic E-state index is 0.979. The van der Waals surface area contributed by atoms with Crippen LogP contribution in [0.4, 0.5) is 0 Å². The van der Waals surface area contributed by atoms with Gasteiger partial charge in [-0.3, -0.25) is 4.98 Å². The van der Waals surface area contributed by atoms with Crippen LogP contribution in [-0.2, 0) is 0 Å². The zero-order valence-corrected chi connectivity index (χ0v) is 12.1. The lowest BCUT2D eigenvalue weighted by Gasteiger charge is -2.04. The highest BCUT2D eigenvalue weighted by molar-refractivity contribution is 6.07. The van der Waals surface area contributed by atoms with E-state index < -0.39 is 0 Å². The molecule has 3 aromatic carbocycles. The van der Waals surface area contributed by atoms with Crippen molar-refractivity contribution in [3.63, 3.8) is 0 Å². The molecule has 0 saturated carbocycles. The van der Waals surface area contributed by atoms with Crippen molar-refractivity contribution in [2.75, 3.05) is 0 Å². The largest absolute Gasteiger partial charge is 0.256 e. The Hall–Kier alpha value is -2.93. The van der Waals surface area contributed by atoms with E-state index in [-0.39, 0.29) is 0 Å². The van der Waals surface area contributed by atoms with Crippen LogP contribution < -0.4 is 0 Å². The molecule has 22 heavy (non-hydrogen) atoms. The van der Waals surface area contributed by atoms with Gasteiger partial charge in [0.2, 0.25) is 0 Å². The van der Waals surface area contributed by atoms with Crippen LogP contribution in [0.3, 0.4) is 0 Å². The number of benzene rings is 3. The van der Waals surface area contributed by atoms with Crippen molar-refractivity contribution < 1.29 is 0 Å². The molecule has 0 fully saturated rings. The number of aromatic nitrogens is 1. The molecular weight excluding hydrogens is 266 g/mol. The Labute approximate surface area is 129 Å². The fraction of sp³-hybridized carbons (Fsp3) is 0. The van der Waals surface area contributed by atoms with Gasteiger partial charge in [0, 0.05) is 11.6 Å². The minimum atomic E-state index is 0.979. The maximum absolute atomic E-state index is 4.54. The van der Waals surface area contributed by atoms with E-state index in [1.54, 1.807) is 0 Å². The first-order valence-electron chi connectivity index (χ1n) is 7.41. The van der Waals surface area contributed by atoms with Crippen molar-refractivity contribution in [1.29, 1.82) is 0 Å². The minimum Gasteiger partial charge on any atom is -0.256 e. The summed E-state index contributed by atoms with van der Waals surface area (Å²) in [6.07, 6.45) is 6.11. The Balaban J connectivity index is 1.83. The normalized spacial score (nSPS) is 11.5. The highest BCUT2D eigenvalue weighted by Gasteiger charge is 2.01. The third-order valence-electron chi connectivity index (χ3n) is 3.90. The van der Waals surface area contributed by atoms with E-state index in [1.165, 1.54) is 27.1 Å². The van der Waals surface area contributed by atoms with Gasteiger partial charge >= 0.3 is 0 Å². The van der Waals surface area contributed by atoms with Crippen molar-refractivity contribution in [3.8, 4) is 0 Å². The van der Waals surface area contributed by atoms with Crippen LogP contribution in [0.15, 0.2) is 79.0 Å². The van der Waals surface area contributed by atoms with E-state index in [0.717, 1.165) is 5.69 Å². The summed E-state index contributed by atoms with van der Waals surface area (Å²) in [5, 5.41) is 4.97. The summed E-state index contributed by atoms with van der Waals surface area (Å²) in [5.41, 5.74) is 2.16. The topological polar surface area (TPSA) is 12.9 Å². The van der Waals surface area contributed by atoms with Crippen LogP contribution >= 0.6 is 0 Å². The fourth-order valence-corrected chi connectivity index (χ4v) is 2.75. The average molecular weight is 281 g/mol. The van der Waals surface area contributed by atoms with Crippen LogP contribution in [0.25, 0.3) is 33.7 Å². The molecule has 0 atom stereocenters. The molecule has 4 aromatic rings. The summed E-state index contributed by atoms with van der Waals surface area (Å²) in [6, 6.07) is 25.2. The molecule has 1 heteroatoms. The molecule has 0 aliphatic rings. The first kappa shape index (κ1) is 12.8. The predicted molar refractivity (Wildman–Crippen MR) is 94.6 cm³/mol. The van der Waals surface area contributed by atoms with Gasteiger partial charge in [0.25, 0.3) is 0 Å². The van der Waals surface area contributed by atoms with Crippen molar-refractivity contribution in [3.05, 3.63) is 90.3 Å². The van der Waals surface area contributed by atoms with Crippen LogP contribution in [-0.4, -0.2) is 4.98 Å². The van der Waals surface area contributed by atoms with E-state index in [9.17, 15) is 0 Å². The Bertz CT molecular complexity index is 969. The zero-order chi connectivity index (χ0) is 14.8. The lowest BCUT2D eigenvalue weighted by molar-refractivity contribution is 1.33. The molecule has 1 heterocycles. The summed E-state index contributed by atoms with van der Waals surface area (Å²) < 4.78 is 0. The third kappa shape index (κ3) is 2.38. The number of hydrogen-bond donors (Lipinski definition) is 0. The molecule has 0 radical (unpaired) electrons. The molecule has 0 amide bonds. The number of pyridine rings is 1. The summed E-state index contributed by atoms with van der Waals surface area (Å²) in [4.78, 5) is 4.54. The van der Waals surface area contributed by atoms with Crippen molar-refractivity contribution in [2.24, 2.45) is 0 Å².